The number of aromatic hydroxyl groups is 1. The van der Waals surface area contributed by atoms with Gasteiger partial charge in [-0.3, -0.25) is 4.79 Å². The molecule has 1 aromatic heterocycles. The maximum Gasteiger partial charge on any atom is 0.304 e. The Labute approximate surface area is 152 Å². The summed E-state index contributed by atoms with van der Waals surface area (Å²) < 4.78 is 7.96. The number of para-hydroxylation sites is 1. The van der Waals surface area contributed by atoms with E-state index >= 15 is 0 Å². The van der Waals surface area contributed by atoms with Gasteiger partial charge in [0.1, 0.15) is 5.75 Å². The number of rotatable bonds is 4. The summed E-state index contributed by atoms with van der Waals surface area (Å²) in [7, 11) is 1.72. The molecule has 3 rings (SSSR count). The van der Waals surface area contributed by atoms with Gasteiger partial charge in [-0.1, -0.05) is 34.1 Å². The zero-order valence-corrected chi connectivity index (χ0v) is 15.3. The molecule has 0 unspecified atom stereocenters. The van der Waals surface area contributed by atoms with Gasteiger partial charge in [-0.15, -0.1) is 10.2 Å². The third kappa shape index (κ3) is 3.56. The number of benzene rings is 2. The standard InChI is InChI=1S/C18H16BrN3O3/c1-11(25-13-6-4-3-5-7-13)17(23)21-20-16-14-10-12(19)8-9-15(14)22(2)18(16)24/h3-11,24H,1-2H3/t11-/m0/s1. The van der Waals surface area contributed by atoms with Gasteiger partial charge in [-0.05, 0) is 37.3 Å². The number of nitrogens with zero attached hydrogens (tertiary/aromatic N) is 3. The Balaban J connectivity index is 1.84. The van der Waals surface area contributed by atoms with Crippen LogP contribution in [0.2, 0.25) is 0 Å². The Morgan fingerprint density at radius 3 is 2.68 bits per heavy atom. The van der Waals surface area contributed by atoms with Gasteiger partial charge >= 0.3 is 5.91 Å². The third-order valence-corrected chi connectivity index (χ3v) is 4.25. The zero-order valence-electron chi connectivity index (χ0n) is 13.7. The number of halogens is 1. The van der Waals surface area contributed by atoms with Crippen molar-refractivity contribution >= 4 is 38.4 Å². The van der Waals surface area contributed by atoms with Gasteiger partial charge in [0, 0.05) is 16.9 Å². The van der Waals surface area contributed by atoms with Crippen molar-refractivity contribution in [2.24, 2.45) is 17.3 Å². The molecule has 0 spiro atoms. The zero-order chi connectivity index (χ0) is 18.0. The van der Waals surface area contributed by atoms with E-state index in [-0.39, 0.29) is 11.6 Å². The molecule has 0 aliphatic rings. The number of hydrogen-bond acceptors (Lipinski definition) is 4. The molecule has 0 bridgehead atoms. The lowest BCUT2D eigenvalue weighted by Crippen LogP contribution is -2.21. The topological polar surface area (TPSA) is 76.2 Å². The first kappa shape index (κ1) is 17.2. The number of carbonyl (C=O) groups excluding carboxylic acids is 1. The van der Waals surface area contributed by atoms with E-state index in [1.165, 1.54) is 0 Å². The van der Waals surface area contributed by atoms with Crippen molar-refractivity contribution in [2.45, 2.75) is 13.0 Å². The Bertz CT molecular complexity index is 951. The molecule has 1 amide bonds. The molecular weight excluding hydrogens is 386 g/mol. The van der Waals surface area contributed by atoms with Crippen LogP contribution in [-0.4, -0.2) is 21.7 Å². The van der Waals surface area contributed by atoms with Crippen LogP contribution in [-0.2, 0) is 11.8 Å². The predicted octanol–water partition coefficient (Wildman–Crippen LogP) is 4.72. The molecule has 128 valence electrons. The lowest BCUT2D eigenvalue weighted by molar-refractivity contribution is -0.124. The molecule has 0 fully saturated rings. The number of carbonyl (C=O) groups is 1. The first-order valence-corrected chi connectivity index (χ1v) is 8.41. The summed E-state index contributed by atoms with van der Waals surface area (Å²) in [5.74, 6) is -0.00739. The summed E-state index contributed by atoms with van der Waals surface area (Å²) >= 11 is 3.39. The Kier molecular flexibility index (Phi) is 4.85. The predicted molar refractivity (Wildman–Crippen MR) is 98.3 cm³/mol. The number of fused-ring (bicyclic) bond motifs is 1. The van der Waals surface area contributed by atoms with Crippen LogP contribution < -0.4 is 4.74 Å². The minimum absolute atomic E-state index is 0.0544. The maximum absolute atomic E-state index is 12.2. The fraction of sp³-hybridized carbons (Fsp3) is 0.167. The third-order valence-electron chi connectivity index (χ3n) is 3.76. The molecule has 7 heteroatoms. The summed E-state index contributed by atoms with van der Waals surface area (Å²) in [6, 6.07) is 14.5. The quantitative estimate of drug-likeness (QED) is 0.642. The monoisotopic (exact) mass is 401 g/mol. The van der Waals surface area contributed by atoms with Gasteiger partial charge in [0.25, 0.3) is 0 Å². The average molecular weight is 402 g/mol. The summed E-state index contributed by atoms with van der Waals surface area (Å²) in [6.07, 6.45) is -0.782. The van der Waals surface area contributed by atoms with E-state index in [1.54, 1.807) is 30.7 Å². The van der Waals surface area contributed by atoms with Gasteiger partial charge in [0.05, 0.1) is 5.52 Å². The molecule has 1 heterocycles. The van der Waals surface area contributed by atoms with Gasteiger partial charge in [-0.2, -0.15) is 0 Å². The minimum atomic E-state index is -0.782. The van der Waals surface area contributed by atoms with Crippen LogP contribution in [0.5, 0.6) is 11.6 Å². The van der Waals surface area contributed by atoms with Crippen molar-refractivity contribution in [1.29, 1.82) is 0 Å². The van der Waals surface area contributed by atoms with Crippen LogP contribution >= 0.6 is 15.9 Å². The maximum atomic E-state index is 12.2. The molecule has 0 aliphatic carbocycles. The van der Waals surface area contributed by atoms with Gasteiger partial charge < -0.3 is 14.4 Å². The van der Waals surface area contributed by atoms with E-state index in [0.717, 1.165) is 9.99 Å². The molecule has 0 saturated heterocycles. The first-order chi connectivity index (χ1) is 12.0. The van der Waals surface area contributed by atoms with Crippen LogP contribution in [0.1, 0.15) is 6.92 Å². The van der Waals surface area contributed by atoms with E-state index in [0.29, 0.717) is 11.1 Å². The second-order valence-electron chi connectivity index (χ2n) is 5.50. The highest BCUT2D eigenvalue weighted by Crippen LogP contribution is 2.39. The molecule has 25 heavy (non-hydrogen) atoms. The second-order valence-corrected chi connectivity index (χ2v) is 6.42. The Morgan fingerprint density at radius 2 is 1.96 bits per heavy atom. The molecule has 0 saturated carbocycles. The number of hydrogen-bond donors (Lipinski definition) is 1. The number of aromatic nitrogens is 1. The SMILES string of the molecule is C[C@H](Oc1ccccc1)C(=O)N=Nc1c(O)n(C)c2ccc(Br)cc12. The van der Waals surface area contributed by atoms with Crippen molar-refractivity contribution in [3.8, 4) is 11.6 Å². The Morgan fingerprint density at radius 1 is 1.24 bits per heavy atom. The molecule has 1 atom stereocenters. The van der Waals surface area contributed by atoms with Gasteiger partial charge in [0.15, 0.2) is 11.8 Å². The van der Waals surface area contributed by atoms with E-state index in [1.807, 2.05) is 36.4 Å². The van der Waals surface area contributed by atoms with Crippen LogP contribution in [0, 0.1) is 0 Å². The highest BCUT2D eigenvalue weighted by Gasteiger charge is 2.17. The molecule has 3 aromatic rings. The highest BCUT2D eigenvalue weighted by atomic mass is 79.9. The first-order valence-electron chi connectivity index (χ1n) is 7.61. The van der Waals surface area contributed by atoms with E-state index < -0.39 is 12.0 Å². The van der Waals surface area contributed by atoms with Gasteiger partial charge in [-0.25, -0.2) is 0 Å². The van der Waals surface area contributed by atoms with Crippen LogP contribution in [0.4, 0.5) is 5.69 Å². The van der Waals surface area contributed by atoms with Crippen molar-refractivity contribution in [1.82, 2.24) is 4.57 Å². The van der Waals surface area contributed by atoms with Gasteiger partial charge in [0.2, 0.25) is 5.88 Å². The van der Waals surface area contributed by atoms with E-state index in [9.17, 15) is 9.90 Å². The normalized spacial score (nSPS) is 12.6. The summed E-state index contributed by atoms with van der Waals surface area (Å²) in [4.78, 5) is 12.2. The molecule has 0 aliphatic heterocycles. The van der Waals surface area contributed by atoms with Crippen LogP contribution in [0.3, 0.4) is 0 Å². The Hall–Kier alpha value is -2.67. The van der Waals surface area contributed by atoms with Crippen molar-refractivity contribution in [3.63, 3.8) is 0 Å². The molecular formula is C18H16BrN3O3. The van der Waals surface area contributed by atoms with Crippen molar-refractivity contribution in [3.05, 3.63) is 53.0 Å². The number of amides is 1. The average Bonchev–Trinajstić information content (AvgIpc) is 2.84. The lowest BCUT2D eigenvalue weighted by Gasteiger charge is -2.10. The minimum Gasteiger partial charge on any atom is -0.493 e. The fourth-order valence-corrected chi connectivity index (χ4v) is 2.78. The van der Waals surface area contributed by atoms with E-state index in [2.05, 4.69) is 26.2 Å². The van der Waals surface area contributed by atoms with Crippen molar-refractivity contribution in [2.75, 3.05) is 0 Å². The summed E-state index contributed by atoms with van der Waals surface area (Å²) in [6.45, 7) is 1.61. The fourth-order valence-electron chi connectivity index (χ4n) is 2.42. The molecule has 0 radical (unpaired) electrons. The lowest BCUT2D eigenvalue weighted by atomic mass is 10.2. The molecule has 2 aromatic carbocycles. The van der Waals surface area contributed by atoms with Crippen molar-refractivity contribution < 1.29 is 14.6 Å². The molecule has 1 N–H and O–H groups in total. The second kappa shape index (κ2) is 7.06. The highest BCUT2D eigenvalue weighted by molar-refractivity contribution is 9.10. The number of ether oxygens (including phenoxy) is 1. The largest absolute Gasteiger partial charge is 0.493 e. The smallest absolute Gasteiger partial charge is 0.304 e. The number of azo groups is 1. The summed E-state index contributed by atoms with van der Waals surface area (Å²) in [5.41, 5.74) is 1.04. The summed E-state index contributed by atoms with van der Waals surface area (Å²) in [5, 5.41) is 18.6. The van der Waals surface area contributed by atoms with E-state index in [4.69, 9.17) is 4.74 Å². The molecule has 6 nitrogen and oxygen atoms in total. The van der Waals surface area contributed by atoms with Crippen LogP contribution in [0.25, 0.3) is 10.9 Å². The van der Waals surface area contributed by atoms with Crippen LogP contribution in [0.15, 0.2) is 63.2 Å². The number of aryl methyl sites for hydroxylation is 1.